The molecule has 0 saturated carbocycles. The molecule has 2 aliphatic carbocycles. The quantitative estimate of drug-likeness (QED) is 0.450. The monoisotopic (exact) mass is 463 g/mol. The fourth-order valence-corrected chi connectivity index (χ4v) is 5.83. The molecule has 2 aliphatic heterocycles. The van der Waals surface area contributed by atoms with Crippen LogP contribution in [0.4, 0.5) is 4.79 Å². The van der Waals surface area contributed by atoms with Gasteiger partial charge in [0.1, 0.15) is 12.2 Å². The molecule has 3 atom stereocenters. The number of hydrogen-bond donors (Lipinski definition) is 0. The lowest BCUT2D eigenvalue weighted by atomic mass is 9.69. The number of allylic oxidation sites excluding steroid dienone is 2. The molecule has 1 amide bonds. The first-order valence-corrected chi connectivity index (χ1v) is 11.6. The third-order valence-electron chi connectivity index (χ3n) is 7.25. The number of nitriles is 2. The van der Waals surface area contributed by atoms with Gasteiger partial charge in [0.15, 0.2) is 11.2 Å². The van der Waals surface area contributed by atoms with Crippen molar-refractivity contribution >= 4 is 17.8 Å². The van der Waals surface area contributed by atoms with Gasteiger partial charge in [-0.15, -0.1) is 0 Å². The molecule has 1 saturated heterocycles. The third-order valence-corrected chi connectivity index (χ3v) is 7.25. The number of esters is 1. The summed E-state index contributed by atoms with van der Waals surface area (Å²) in [4.78, 5) is 39.2. The van der Waals surface area contributed by atoms with Crippen molar-refractivity contribution in [3.8, 4) is 12.1 Å². The van der Waals surface area contributed by atoms with Crippen molar-refractivity contribution in [3.05, 3.63) is 33.9 Å². The van der Waals surface area contributed by atoms with Crippen molar-refractivity contribution in [2.24, 2.45) is 11.3 Å². The smallest absolute Gasteiger partial charge is 0.411 e. The van der Waals surface area contributed by atoms with E-state index in [1.165, 1.54) is 6.92 Å². The van der Waals surface area contributed by atoms with Crippen LogP contribution in [0.1, 0.15) is 60.3 Å². The van der Waals surface area contributed by atoms with E-state index >= 15 is 0 Å². The van der Waals surface area contributed by atoms with E-state index in [1.54, 1.807) is 4.90 Å². The molecule has 178 valence electrons. The van der Waals surface area contributed by atoms with Crippen LogP contribution in [0, 0.1) is 34.0 Å². The molecule has 2 bridgehead atoms. The highest BCUT2D eigenvalue weighted by molar-refractivity contribution is 6.03. The van der Waals surface area contributed by atoms with Crippen LogP contribution in [-0.2, 0) is 19.1 Å². The zero-order valence-corrected chi connectivity index (χ0v) is 20.2. The van der Waals surface area contributed by atoms with Gasteiger partial charge in [-0.1, -0.05) is 11.6 Å². The van der Waals surface area contributed by atoms with Gasteiger partial charge in [-0.05, 0) is 57.3 Å². The van der Waals surface area contributed by atoms with Crippen molar-refractivity contribution in [2.45, 2.75) is 78.0 Å². The second kappa shape index (κ2) is 8.13. The van der Waals surface area contributed by atoms with E-state index in [2.05, 4.69) is 12.1 Å². The third kappa shape index (κ3) is 3.72. The highest BCUT2D eigenvalue weighted by Crippen LogP contribution is 2.55. The summed E-state index contributed by atoms with van der Waals surface area (Å²) in [6.45, 7) is 8.48. The molecule has 2 heterocycles. The van der Waals surface area contributed by atoms with Crippen molar-refractivity contribution in [1.29, 1.82) is 10.5 Å². The molecule has 0 aromatic rings. The first-order chi connectivity index (χ1) is 15.9. The minimum absolute atomic E-state index is 0.0588. The lowest BCUT2D eigenvalue weighted by Gasteiger charge is -2.42. The van der Waals surface area contributed by atoms with Gasteiger partial charge in [-0.3, -0.25) is 14.5 Å². The number of Topliss-reactive ketones (excluding diaryl/α,β-unsaturated/α-hetero) is 1. The van der Waals surface area contributed by atoms with E-state index in [4.69, 9.17) is 9.47 Å². The maximum atomic E-state index is 13.1. The molecule has 3 unspecified atom stereocenters. The molecule has 0 radical (unpaired) electrons. The Morgan fingerprint density at radius 3 is 2.47 bits per heavy atom. The van der Waals surface area contributed by atoms with Gasteiger partial charge in [0.2, 0.25) is 0 Å². The van der Waals surface area contributed by atoms with Crippen LogP contribution in [0.2, 0.25) is 0 Å². The molecule has 0 spiro atoms. The molecule has 4 aliphatic rings. The van der Waals surface area contributed by atoms with Crippen LogP contribution in [0.3, 0.4) is 0 Å². The fraction of sp³-hybridized carbons (Fsp3) is 0.577. The van der Waals surface area contributed by atoms with E-state index in [9.17, 15) is 24.9 Å². The second-order valence-electron chi connectivity index (χ2n) is 10.5. The summed E-state index contributed by atoms with van der Waals surface area (Å²) in [6, 6.07) is 3.98. The molecule has 8 heteroatoms. The number of rotatable bonds is 2. The zero-order chi connectivity index (χ0) is 25.0. The molecular weight excluding hydrogens is 434 g/mol. The Bertz CT molecular complexity index is 1140. The maximum Gasteiger partial charge on any atom is 0.411 e. The maximum absolute atomic E-state index is 13.1. The molecule has 4 rings (SSSR count). The highest BCUT2D eigenvalue weighted by atomic mass is 16.6. The number of ether oxygens (including phenoxy) is 2. The Balaban J connectivity index is 1.87. The summed E-state index contributed by atoms with van der Waals surface area (Å²) in [7, 11) is 0. The zero-order valence-electron chi connectivity index (χ0n) is 20.2. The summed E-state index contributed by atoms with van der Waals surface area (Å²) >= 11 is 0. The van der Waals surface area contributed by atoms with Crippen LogP contribution in [0.5, 0.6) is 0 Å². The lowest BCUT2D eigenvalue weighted by molar-refractivity contribution is -0.140. The first-order valence-electron chi connectivity index (χ1n) is 11.6. The molecule has 34 heavy (non-hydrogen) atoms. The number of fused-ring (bicyclic) bond motifs is 5. The predicted octanol–water partition coefficient (Wildman–Crippen LogP) is 3.90. The topological polar surface area (TPSA) is 120 Å². The summed E-state index contributed by atoms with van der Waals surface area (Å²) in [6.07, 6.45) is 3.12. The van der Waals surface area contributed by atoms with Gasteiger partial charge < -0.3 is 9.47 Å². The van der Waals surface area contributed by atoms with E-state index in [0.717, 1.165) is 17.6 Å². The average molecular weight is 464 g/mol. The second-order valence-corrected chi connectivity index (χ2v) is 10.5. The Morgan fingerprint density at radius 2 is 1.88 bits per heavy atom. The van der Waals surface area contributed by atoms with Crippen LogP contribution < -0.4 is 0 Å². The lowest BCUT2D eigenvalue weighted by Crippen LogP contribution is -2.51. The summed E-state index contributed by atoms with van der Waals surface area (Å²) < 4.78 is 10.8. The number of amides is 1. The standard InChI is InChI=1S/C26H29N3O5/c1-14-17-9-22(31)19(11-33-15(2)30)18(17)10-26(12-27,13-28)20-8-16-6-7-21(23(14)20)29(16)24(32)34-25(3,4)5/h8,16,21,23H,6-7,9-11H2,1-5H3. The molecule has 0 aromatic carbocycles. The minimum atomic E-state index is -1.48. The van der Waals surface area contributed by atoms with Crippen LogP contribution >= 0.6 is 0 Å². The number of carbonyl (C=O) groups is 3. The highest BCUT2D eigenvalue weighted by Gasteiger charge is 2.55. The van der Waals surface area contributed by atoms with Crippen LogP contribution in [-0.4, -0.2) is 47.0 Å². The van der Waals surface area contributed by atoms with E-state index < -0.39 is 23.1 Å². The van der Waals surface area contributed by atoms with Gasteiger partial charge in [-0.25, -0.2) is 4.79 Å². The average Bonchev–Trinajstić information content (AvgIpc) is 3.20. The fourth-order valence-electron chi connectivity index (χ4n) is 5.83. The Labute approximate surface area is 199 Å². The van der Waals surface area contributed by atoms with Crippen molar-refractivity contribution in [3.63, 3.8) is 0 Å². The summed E-state index contributed by atoms with van der Waals surface area (Å²) in [5, 5.41) is 20.5. The van der Waals surface area contributed by atoms with E-state index in [0.29, 0.717) is 23.1 Å². The molecule has 0 N–H and O–H groups in total. The van der Waals surface area contributed by atoms with Crippen molar-refractivity contribution in [1.82, 2.24) is 4.90 Å². The Hall–Kier alpha value is -3.39. The molecule has 8 nitrogen and oxygen atoms in total. The van der Waals surface area contributed by atoms with Gasteiger partial charge in [0.25, 0.3) is 0 Å². The van der Waals surface area contributed by atoms with Gasteiger partial charge >= 0.3 is 12.1 Å². The Kier molecular flexibility index (Phi) is 5.68. The number of carbonyl (C=O) groups excluding carboxylic acids is 3. The molecule has 0 aromatic heterocycles. The summed E-state index contributed by atoms with van der Waals surface area (Å²) in [5.74, 6) is -1.02. The molecular formula is C26H29N3O5. The van der Waals surface area contributed by atoms with Gasteiger partial charge in [0.05, 0.1) is 18.2 Å². The van der Waals surface area contributed by atoms with Crippen molar-refractivity contribution < 1.29 is 23.9 Å². The number of ketones is 1. The van der Waals surface area contributed by atoms with Crippen molar-refractivity contribution in [2.75, 3.05) is 6.61 Å². The first kappa shape index (κ1) is 23.8. The predicted molar refractivity (Wildman–Crippen MR) is 121 cm³/mol. The van der Waals surface area contributed by atoms with Crippen LogP contribution in [0.25, 0.3) is 0 Å². The molecule has 1 fully saturated rings. The van der Waals surface area contributed by atoms with E-state index in [1.807, 2.05) is 33.8 Å². The van der Waals surface area contributed by atoms with E-state index in [-0.39, 0.29) is 43.2 Å². The normalized spacial score (nSPS) is 27.3. The Morgan fingerprint density at radius 1 is 1.21 bits per heavy atom. The number of nitrogens with zero attached hydrogens (tertiary/aromatic N) is 3. The SMILES string of the molecule is CC(=O)OCC1=C2CC(C#N)(C#N)C3=CC4CCC(C3C(C)=C2CC1=O)N4C(=O)OC(C)(C)C. The summed E-state index contributed by atoms with van der Waals surface area (Å²) in [5.41, 5.74) is 1.24. The number of hydrogen-bond acceptors (Lipinski definition) is 7. The minimum Gasteiger partial charge on any atom is -0.461 e. The van der Waals surface area contributed by atoms with Gasteiger partial charge in [-0.2, -0.15) is 10.5 Å². The van der Waals surface area contributed by atoms with Crippen LogP contribution in [0.15, 0.2) is 33.9 Å². The largest absolute Gasteiger partial charge is 0.461 e. The van der Waals surface area contributed by atoms with Gasteiger partial charge in [0, 0.05) is 37.3 Å².